The zero-order valence-electron chi connectivity index (χ0n) is 15.5. The van der Waals surface area contributed by atoms with Gasteiger partial charge in [0.15, 0.2) is 0 Å². The van der Waals surface area contributed by atoms with Crippen molar-refractivity contribution in [1.82, 2.24) is 4.90 Å². The van der Waals surface area contributed by atoms with Crippen molar-refractivity contribution in [3.63, 3.8) is 0 Å². The molecule has 1 saturated heterocycles. The van der Waals surface area contributed by atoms with Gasteiger partial charge in [0.25, 0.3) is 0 Å². The minimum Gasteiger partial charge on any atom is -0.453 e. The second-order valence-corrected chi connectivity index (χ2v) is 7.04. The number of hydrogen-bond donors (Lipinski definition) is 0. The summed E-state index contributed by atoms with van der Waals surface area (Å²) in [4.78, 5) is 13.6. The number of amides is 1. The largest absolute Gasteiger partial charge is 0.453 e. The number of carbonyl (C=O) groups excluding carboxylic acids is 1. The first-order valence-corrected chi connectivity index (χ1v) is 8.98. The summed E-state index contributed by atoms with van der Waals surface area (Å²) in [7, 11) is 1.44. The van der Waals surface area contributed by atoms with E-state index >= 15 is 0 Å². The fourth-order valence-electron chi connectivity index (χ4n) is 3.80. The first kappa shape index (κ1) is 19.1. The topological polar surface area (TPSA) is 53.3 Å². The zero-order valence-corrected chi connectivity index (χ0v) is 15.5. The molecule has 4 heteroatoms. The minimum absolute atomic E-state index is 0.223. The molecule has 1 fully saturated rings. The molecule has 0 spiro atoms. The monoisotopic (exact) mass is 340 g/mol. The first-order chi connectivity index (χ1) is 12.0. The van der Waals surface area contributed by atoms with E-state index in [1.807, 2.05) is 24.0 Å². The second-order valence-electron chi connectivity index (χ2n) is 7.04. The van der Waals surface area contributed by atoms with Crippen LogP contribution in [0.5, 0.6) is 0 Å². The molecule has 1 aromatic rings. The van der Waals surface area contributed by atoms with Crippen molar-refractivity contribution >= 4 is 11.7 Å². The van der Waals surface area contributed by atoms with Gasteiger partial charge in [-0.1, -0.05) is 25.6 Å². The predicted octanol–water partition coefficient (Wildman–Crippen LogP) is 4.64. The van der Waals surface area contributed by atoms with Crippen LogP contribution in [-0.2, 0) is 11.2 Å². The van der Waals surface area contributed by atoms with Crippen molar-refractivity contribution in [2.45, 2.75) is 39.5 Å². The van der Waals surface area contributed by atoms with Crippen molar-refractivity contribution < 1.29 is 9.53 Å². The highest BCUT2D eigenvalue weighted by molar-refractivity contribution is 5.70. The maximum atomic E-state index is 11.8. The molecule has 25 heavy (non-hydrogen) atoms. The van der Waals surface area contributed by atoms with Crippen LogP contribution in [0.4, 0.5) is 4.79 Å². The van der Waals surface area contributed by atoms with E-state index in [4.69, 9.17) is 4.74 Å². The normalized spacial score (nSPS) is 20.5. The van der Waals surface area contributed by atoms with Gasteiger partial charge in [-0.05, 0) is 67.2 Å². The van der Waals surface area contributed by atoms with Crippen LogP contribution < -0.4 is 0 Å². The summed E-state index contributed by atoms with van der Waals surface area (Å²) in [6.45, 7) is 9.81. The van der Waals surface area contributed by atoms with Crippen LogP contribution in [0.1, 0.15) is 49.8 Å². The number of likely N-dealkylation sites (tertiary alicyclic amines) is 1. The third-order valence-corrected chi connectivity index (χ3v) is 5.34. The van der Waals surface area contributed by atoms with E-state index < -0.39 is 0 Å². The van der Waals surface area contributed by atoms with Crippen molar-refractivity contribution in [2.24, 2.45) is 11.8 Å². The van der Waals surface area contributed by atoms with Crippen LogP contribution in [0.25, 0.3) is 5.57 Å². The summed E-state index contributed by atoms with van der Waals surface area (Å²) in [5.74, 6) is 1.14. The van der Waals surface area contributed by atoms with Crippen molar-refractivity contribution in [3.05, 3.63) is 41.5 Å². The maximum Gasteiger partial charge on any atom is 0.409 e. The molecule has 0 radical (unpaired) electrons. The van der Waals surface area contributed by atoms with Crippen molar-refractivity contribution in [3.8, 4) is 6.07 Å². The Labute approximate surface area is 151 Å². The summed E-state index contributed by atoms with van der Waals surface area (Å²) < 4.78 is 4.86. The predicted molar refractivity (Wildman–Crippen MR) is 100 cm³/mol. The molecule has 0 aliphatic carbocycles. The highest BCUT2D eigenvalue weighted by Crippen LogP contribution is 2.30. The summed E-state index contributed by atoms with van der Waals surface area (Å²) in [6.07, 6.45) is 3.78. The molecule has 1 aliphatic heterocycles. The molecular weight excluding hydrogens is 312 g/mol. The smallest absolute Gasteiger partial charge is 0.409 e. The van der Waals surface area contributed by atoms with Gasteiger partial charge in [0, 0.05) is 13.1 Å². The van der Waals surface area contributed by atoms with Crippen LogP contribution in [0.15, 0.2) is 24.8 Å². The number of ether oxygens (including phenoxy) is 1. The Morgan fingerprint density at radius 2 is 2.12 bits per heavy atom. The van der Waals surface area contributed by atoms with Crippen LogP contribution in [0.3, 0.4) is 0 Å². The molecule has 1 amide bonds. The average Bonchev–Trinajstić information content (AvgIpc) is 2.80. The Morgan fingerprint density at radius 1 is 1.40 bits per heavy atom. The van der Waals surface area contributed by atoms with Crippen LogP contribution in [-0.4, -0.2) is 31.2 Å². The molecule has 1 aromatic carbocycles. The lowest BCUT2D eigenvalue weighted by Gasteiger charge is -2.21. The molecule has 1 heterocycles. The van der Waals surface area contributed by atoms with Crippen LogP contribution in [0.2, 0.25) is 0 Å². The number of nitriles is 1. The average molecular weight is 340 g/mol. The highest BCUT2D eigenvalue weighted by Gasteiger charge is 2.26. The molecule has 2 atom stereocenters. The number of rotatable bonds is 4. The number of methoxy groups -OCH3 is 1. The molecule has 0 aromatic heterocycles. The fourth-order valence-corrected chi connectivity index (χ4v) is 3.80. The van der Waals surface area contributed by atoms with Gasteiger partial charge < -0.3 is 9.64 Å². The summed E-state index contributed by atoms with van der Waals surface area (Å²) in [5.41, 5.74) is 3.85. The molecule has 0 bridgehead atoms. The number of carbonyl (C=O) groups is 1. The van der Waals surface area contributed by atoms with Crippen LogP contribution in [0, 0.1) is 23.2 Å². The molecule has 2 unspecified atom stereocenters. The molecule has 2 rings (SSSR count). The lowest BCUT2D eigenvalue weighted by atomic mass is 9.83. The van der Waals surface area contributed by atoms with Crippen LogP contribution >= 0.6 is 0 Å². The second kappa shape index (κ2) is 8.71. The van der Waals surface area contributed by atoms with E-state index in [9.17, 15) is 10.1 Å². The van der Waals surface area contributed by atoms with Gasteiger partial charge in [-0.2, -0.15) is 5.26 Å². The molecular formula is C21H28N2O2. The van der Waals surface area contributed by atoms with E-state index in [-0.39, 0.29) is 6.09 Å². The summed E-state index contributed by atoms with van der Waals surface area (Å²) in [6, 6.07) is 8.20. The SMILES string of the molecule is C=C(C)c1c(C#N)cccc1CCC1CCN(C(=O)OC)CCC1C. The van der Waals surface area contributed by atoms with Gasteiger partial charge in [-0.25, -0.2) is 4.79 Å². The lowest BCUT2D eigenvalue weighted by Crippen LogP contribution is -2.31. The van der Waals surface area contributed by atoms with E-state index in [0.717, 1.165) is 49.9 Å². The van der Waals surface area contributed by atoms with Crippen molar-refractivity contribution in [2.75, 3.05) is 20.2 Å². The Hall–Kier alpha value is -2.28. The van der Waals surface area contributed by atoms with Gasteiger partial charge in [0.1, 0.15) is 0 Å². The number of nitrogens with zero attached hydrogens (tertiary/aromatic N) is 2. The number of hydrogen-bond acceptors (Lipinski definition) is 3. The van der Waals surface area contributed by atoms with Crippen molar-refractivity contribution in [1.29, 1.82) is 5.26 Å². The molecule has 134 valence electrons. The number of benzene rings is 1. The number of aryl methyl sites for hydroxylation is 1. The quantitative estimate of drug-likeness (QED) is 0.802. The lowest BCUT2D eigenvalue weighted by molar-refractivity contribution is 0.124. The standard InChI is InChI=1S/C21H28N2O2/c1-15(2)20-18(6-5-7-19(20)14-22)9-8-17-11-13-23(21(24)25-4)12-10-16(17)3/h5-7,16-17H,1,8-13H2,2-4H3. The van der Waals surface area contributed by atoms with Gasteiger partial charge in [0.2, 0.25) is 0 Å². The third kappa shape index (κ3) is 4.63. The molecule has 1 aliphatic rings. The van der Waals surface area contributed by atoms with Gasteiger partial charge in [-0.15, -0.1) is 0 Å². The van der Waals surface area contributed by atoms with Gasteiger partial charge in [0.05, 0.1) is 18.7 Å². The third-order valence-electron chi connectivity index (χ3n) is 5.34. The molecule has 0 N–H and O–H groups in total. The first-order valence-electron chi connectivity index (χ1n) is 8.98. The molecule has 4 nitrogen and oxygen atoms in total. The van der Waals surface area contributed by atoms with E-state index in [0.29, 0.717) is 17.4 Å². The highest BCUT2D eigenvalue weighted by atomic mass is 16.5. The summed E-state index contributed by atoms with van der Waals surface area (Å²) in [5, 5.41) is 9.35. The fraction of sp³-hybridized carbons (Fsp3) is 0.524. The van der Waals surface area contributed by atoms with E-state index in [2.05, 4.69) is 25.6 Å². The Morgan fingerprint density at radius 3 is 2.76 bits per heavy atom. The molecule has 0 saturated carbocycles. The minimum atomic E-state index is -0.223. The maximum absolute atomic E-state index is 11.8. The zero-order chi connectivity index (χ0) is 18.4. The Bertz CT molecular complexity index is 675. The Balaban J connectivity index is 2.07. The Kier molecular flexibility index (Phi) is 6.64. The number of allylic oxidation sites excluding steroid dienone is 1. The van der Waals surface area contributed by atoms with Gasteiger partial charge in [-0.3, -0.25) is 0 Å². The summed E-state index contributed by atoms with van der Waals surface area (Å²) >= 11 is 0. The van der Waals surface area contributed by atoms with E-state index in [1.165, 1.54) is 12.7 Å². The van der Waals surface area contributed by atoms with E-state index in [1.54, 1.807) is 0 Å². The van der Waals surface area contributed by atoms with Gasteiger partial charge >= 0.3 is 6.09 Å².